The molecule has 0 radical (unpaired) electrons. The van der Waals surface area contributed by atoms with Crippen LogP contribution in [0.1, 0.15) is 72.1 Å². The van der Waals surface area contributed by atoms with E-state index in [2.05, 4.69) is 21.3 Å². The topological polar surface area (TPSA) is 114 Å². The van der Waals surface area contributed by atoms with Gasteiger partial charge in [-0.1, -0.05) is 38.0 Å². The molecule has 0 aliphatic carbocycles. The fourth-order valence-corrected chi connectivity index (χ4v) is 3.61. The molecule has 3 amide bonds. The quantitative estimate of drug-likeness (QED) is 0.376. The van der Waals surface area contributed by atoms with Crippen molar-refractivity contribution in [3.05, 3.63) is 35.4 Å². The van der Waals surface area contributed by atoms with Gasteiger partial charge in [0.1, 0.15) is 24.2 Å². The molecule has 0 heterocycles. The fourth-order valence-electron chi connectivity index (χ4n) is 3.61. The predicted octanol–water partition coefficient (Wildman–Crippen LogP) is 3.17. The van der Waals surface area contributed by atoms with Crippen LogP contribution in [-0.4, -0.2) is 60.1 Å². The van der Waals surface area contributed by atoms with Crippen molar-refractivity contribution in [3.63, 3.8) is 0 Å². The molecule has 0 fully saturated rings. The Kier molecular flexibility index (Phi) is 11.5. The molecule has 1 aromatic carbocycles. The molecular formula is C27H39N3O6. The third-order valence-electron chi connectivity index (χ3n) is 5.08. The summed E-state index contributed by atoms with van der Waals surface area (Å²) in [5.41, 5.74) is 0.0922. The van der Waals surface area contributed by atoms with Crippen molar-refractivity contribution >= 4 is 23.9 Å². The first-order valence-electron chi connectivity index (χ1n) is 11.9. The van der Waals surface area contributed by atoms with Gasteiger partial charge in [-0.3, -0.25) is 14.4 Å². The van der Waals surface area contributed by atoms with Gasteiger partial charge in [0.25, 0.3) is 0 Å². The van der Waals surface area contributed by atoms with E-state index < -0.39 is 47.6 Å². The van der Waals surface area contributed by atoms with Crippen molar-refractivity contribution in [2.75, 3.05) is 13.7 Å². The van der Waals surface area contributed by atoms with Crippen LogP contribution in [0.25, 0.3) is 0 Å². The molecule has 9 heteroatoms. The van der Waals surface area contributed by atoms with Gasteiger partial charge in [0, 0.05) is 11.6 Å². The molecule has 0 aliphatic heterocycles. The number of benzene rings is 1. The summed E-state index contributed by atoms with van der Waals surface area (Å²) < 4.78 is 9.99. The van der Waals surface area contributed by atoms with Gasteiger partial charge in [0.15, 0.2) is 0 Å². The summed E-state index contributed by atoms with van der Waals surface area (Å²) in [5, 5.41) is 5.21. The second kappa shape index (κ2) is 13.5. The number of esters is 1. The van der Waals surface area contributed by atoms with Gasteiger partial charge in [-0.2, -0.15) is 0 Å². The van der Waals surface area contributed by atoms with Crippen molar-refractivity contribution in [1.29, 1.82) is 0 Å². The Morgan fingerprint density at radius 1 is 1.08 bits per heavy atom. The second-order valence-corrected chi connectivity index (χ2v) is 10.1. The summed E-state index contributed by atoms with van der Waals surface area (Å²) in [4.78, 5) is 53.1. The average molecular weight is 502 g/mol. The first-order valence-corrected chi connectivity index (χ1v) is 11.9. The SMILES string of the molecule is C#Cc1ccccc1C(C(=O)NCC(=O)OC)N(C(=O)C(CC(C)C)NC(=O)OC(C)(C)C)C(C)C. The van der Waals surface area contributed by atoms with Crippen LogP contribution in [-0.2, 0) is 23.9 Å². The van der Waals surface area contributed by atoms with Crippen LogP contribution in [0.2, 0.25) is 0 Å². The van der Waals surface area contributed by atoms with E-state index in [0.717, 1.165) is 0 Å². The monoisotopic (exact) mass is 501 g/mol. The minimum absolute atomic E-state index is 0.0486. The zero-order valence-electron chi connectivity index (χ0n) is 22.5. The lowest BCUT2D eigenvalue weighted by molar-refractivity contribution is -0.146. The molecule has 2 N–H and O–H groups in total. The molecule has 0 aromatic heterocycles. The molecule has 1 aromatic rings. The average Bonchev–Trinajstić information content (AvgIpc) is 2.77. The lowest BCUT2D eigenvalue weighted by atomic mass is 9.95. The van der Waals surface area contributed by atoms with Crippen molar-refractivity contribution in [2.45, 2.75) is 78.6 Å². The molecule has 0 saturated carbocycles. The molecule has 0 spiro atoms. The predicted molar refractivity (Wildman–Crippen MR) is 137 cm³/mol. The number of hydrogen-bond acceptors (Lipinski definition) is 6. The number of carbonyl (C=O) groups excluding carboxylic acids is 4. The summed E-state index contributed by atoms with van der Waals surface area (Å²) in [6, 6.07) is 4.19. The zero-order valence-corrected chi connectivity index (χ0v) is 22.5. The number of alkyl carbamates (subject to hydrolysis) is 1. The Hall–Kier alpha value is -3.54. The molecule has 198 valence electrons. The maximum absolute atomic E-state index is 14.0. The number of nitrogens with zero attached hydrogens (tertiary/aromatic N) is 1. The molecule has 0 aliphatic rings. The normalized spacial score (nSPS) is 12.8. The highest BCUT2D eigenvalue weighted by Gasteiger charge is 2.38. The highest BCUT2D eigenvalue weighted by Crippen LogP contribution is 2.28. The lowest BCUT2D eigenvalue weighted by Gasteiger charge is -2.37. The van der Waals surface area contributed by atoms with Gasteiger partial charge in [-0.05, 0) is 58.6 Å². The minimum Gasteiger partial charge on any atom is -0.468 e. The number of amides is 3. The largest absolute Gasteiger partial charge is 0.468 e. The number of hydrogen-bond donors (Lipinski definition) is 2. The van der Waals surface area contributed by atoms with E-state index in [1.165, 1.54) is 12.0 Å². The van der Waals surface area contributed by atoms with Gasteiger partial charge < -0.3 is 25.0 Å². The first kappa shape index (κ1) is 30.5. The van der Waals surface area contributed by atoms with E-state index in [9.17, 15) is 19.2 Å². The molecule has 36 heavy (non-hydrogen) atoms. The minimum atomic E-state index is -1.16. The smallest absolute Gasteiger partial charge is 0.408 e. The van der Waals surface area contributed by atoms with Crippen LogP contribution in [0.4, 0.5) is 4.79 Å². The molecule has 0 bridgehead atoms. The van der Waals surface area contributed by atoms with Gasteiger partial charge in [-0.15, -0.1) is 6.42 Å². The number of methoxy groups -OCH3 is 1. The lowest BCUT2D eigenvalue weighted by Crippen LogP contribution is -2.55. The number of carbonyl (C=O) groups is 4. The Labute approximate surface area is 214 Å². The van der Waals surface area contributed by atoms with Crippen LogP contribution in [0.15, 0.2) is 24.3 Å². The van der Waals surface area contributed by atoms with Crippen LogP contribution in [0.5, 0.6) is 0 Å². The molecule has 2 atom stereocenters. The van der Waals surface area contributed by atoms with Gasteiger partial charge in [-0.25, -0.2) is 4.79 Å². The number of terminal acetylenes is 1. The third kappa shape index (κ3) is 9.25. The fraction of sp³-hybridized carbons (Fsp3) is 0.556. The van der Waals surface area contributed by atoms with E-state index >= 15 is 0 Å². The molecule has 2 unspecified atom stereocenters. The van der Waals surface area contributed by atoms with E-state index in [-0.39, 0.29) is 12.5 Å². The van der Waals surface area contributed by atoms with Crippen molar-refractivity contribution < 1.29 is 28.7 Å². The Morgan fingerprint density at radius 3 is 2.19 bits per heavy atom. The van der Waals surface area contributed by atoms with Crippen molar-refractivity contribution in [1.82, 2.24) is 15.5 Å². The maximum atomic E-state index is 14.0. The standard InChI is InChI=1S/C27H39N3O6/c1-10-19-13-11-12-14-20(19)23(24(32)28-16-22(31)35-9)30(18(4)5)25(33)21(15-17(2)3)29-26(34)36-27(6,7)8/h1,11-14,17-18,21,23H,15-16H2,2-9H3,(H,28,32)(H,29,34). The van der Waals surface area contributed by atoms with Crippen LogP contribution in [0, 0.1) is 18.3 Å². The summed E-state index contributed by atoms with van der Waals surface area (Å²) in [6.07, 6.45) is 5.28. The van der Waals surface area contributed by atoms with Crippen molar-refractivity contribution in [2.24, 2.45) is 5.92 Å². The third-order valence-corrected chi connectivity index (χ3v) is 5.08. The molecule has 0 saturated heterocycles. The molecule has 1 rings (SSSR count). The Balaban J connectivity index is 3.54. The molecular weight excluding hydrogens is 462 g/mol. The van der Waals surface area contributed by atoms with Crippen LogP contribution in [0.3, 0.4) is 0 Å². The maximum Gasteiger partial charge on any atom is 0.408 e. The first-order chi connectivity index (χ1) is 16.7. The summed E-state index contributed by atoms with van der Waals surface area (Å²) in [7, 11) is 1.21. The van der Waals surface area contributed by atoms with E-state index in [1.807, 2.05) is 13.8 Å². The van der Waals surface area contributed by atoms with Crippen LogP contribution < -0.4 is 10.6 Å². The number of nitrogens with one attached hydrogen (secondary N) is 2. The summed E-state index contributed by atoms with van der Waals surface area (Å²) >= 11 is 0. The van der Waals surface area contributed by atoms with Gasteiger partial charge in [0.05, 0.1) is 7.11 Å². The Bertz CT molecular complexity index is 974. The second-order valence-electron chi connectivity index (χ2n) is 10.1. The molecule has 9 nitrogen and oxygen atoms in total. The number of ether oxygens (including phenoxy) is 2. The van der Waals surface area contributed by atoms with Gasteiger partial charge >= 0.3 is 12.1 Å². The van der Waals surface area contributed by atoms with E-state index in [4.69, 9.17) is 11.2 Å². The number of rotatable bonds is 10. The van der Waals surface area contributed by atoms with E-state index in [0.29, 0.717) is 17.5 Å². The van der Waals surface area contributed by atoms with E-state index in [1.54, 1.807) is 58.9 Å². The van der Waals surface area contributed by atoms with Crippen molar-refractivity contribution in [3.8, 4) is 12.3 Å². The highest BCUT2D eigenvalue weighted by molar-refractivity contribution is 5.93. The zero-order chi connectivity index (χ0) is 27.6. The highest BCUT2D eigenvalue weighted by atomic mass is 16.6. The Morgan fingerprint density at radius 2 is 1.69 bits per heavy atom. The summed E-state index contributed by atoms with van der Waals surface area (Å²) in [6.45, 7) is 12.2. The van der Waals surface area contributed by atoms with Gasteiger partial charge in [0.2, 0.25) is 11.8 Å². The van der Waals surface area contributed by atoms with Crippen LogP contribution >= 0.6 is 0 Å². The summed E-state index contributed by atoms with van der Waals surface area (Å²) in [5.74, 6) is 0.886.